The minimum atomic E-state index is 0.135. The van der Waals surface area contributed by atoms with Gasteiger partial charge in [0.25, 0.3) is 0 Å². The lowest BCUT2D eigenvalue weighted by Crippen LogP contribution is -2.50. The molecule has 1 heterocycles. The molecule has 0 atom stereocenters. The molecule has 0 aliphatic carbocycles. The fourth-order valence-corrected chi connectivity index (χ4v) is 3.13. The smallest absolute Gasteiger partial charge is 0.223 e. The van der Waals surface area contributed by atoms with E-state index in [4.69, 9.17) is 9.47 Å². The van der Waals surface area contributed by atoms with E-state index in [-0.39, 0.29) is 11.8 Å². The van der Waals surface area contributed by atoms with Crippen molar-refractivity contribution in [1.29, 1.82) is 0 Å². The summed E-state index contributed by atoms with van der Waals surface area (Å²) in [5, 5.41) is 0. The maximum Gasteiger partial charge on any atom is 0.223 e. The number of aryl methyl sites for hydroxylation is 1. The molecule has 26 heavy (non-hydrogen) atoms. The number of ether oxygens (including phenoxy) is 2. The molecule has 1 aromatic carbocycles. The summed E-state index contributed by atoms with van der Waals surface area (Å²) in [5.41, 5.74) is 1.04. The summed E-state index contributed by atoms with van der Waals surface area (Å²) in [4.78, 5) is 28.3. The lowest BCUT2D eigenvalue weighted by Gasteiger charge is -2.35. The molecule has 1 aliphatic rings. The molecule has 0 radical (unpaired) electrons. The summed E-state index contributed by atoms with van der Waals surface area (Å²) < 4.78 is 10.5. The van der Waals surface area contributed by atoms with Gasteiger partial charge in [-0.15, -0.1) is 0 Å². The van der Waals surface area contributed by atoms with E-state index >= 15 is 0 Å². The number of hydrogen-bond acceptors (Lipinski definition) is 4. The average molecular weight is 362 g/mol. The molecule has 1 saturated heterocycles. The average Bonchev–Trinajstić information content (AvgIpc) is 2.65. The number of rotatable bonds is 7. The van der Waals surface area contributed by atoms with E-state index in [1.165, 1.54) is 0 Å². The Morgan fingerprint density at radius 1 is 0.962 bits per heavy atom. The Kier molecular flexibility index (Phi) is 7.30. The van der Waals surface area contributed by atoms with Gasteiger partial charge in [0.05, 0.1) is 14.2 Å². The standard InChI is InChI=1S/C20H30N2O4/c1-15(2)13-20(24)22-11-9-21(10-12-22)19(23)8-6-16-5-7-17(25-3)18(14-16)26-4/h5,7,14-15H,6,8-13H2,1-4H3. The summed E-state index contributed by atoms with van der Waals surface area (Å²) in [6, 6.07) is 5.73. The zero-order valence-corrected chi connectivity index (χ0v) is 16.3. The Morgan fingerprint density at radius 2 is 1.54 bits per heavy atom. The minimum absolute atomic E-state index is 0.135. The topological polar surface area (TPSA) is 59.1 Å². The molecule has 0 spiro atoms. The molecule has 0 aromatic heterocycles. The van der Waals surface area contributed by atoms with Gasteiger partial charge < -0.3 is 19.3 Å². The predicted octanol–water partition coefficient (Wildman–Crippen LogP) is 2.35. The Labute approximate surface area is 156 Å². The van der Waals surface area contributed by atoms with Gasteiger partial charge in [-0.25, -0.2) is 0 Å². The third kappa shape index (κ3) is 5.38. The SMILES string of the molecule is COc1ccc(CCC(=O)N2CCN(C(=O)CC(C)C)CC2)cc1OC. The van der Waals surface area contributed by atoms with Gasteiger partial charge in [-0.1, -0.05) is 19.9 Å². The van der Waals surface area contributed by atoms with Crippen LogP contribution >= 0.6 is 0 Å². The Balaban J connectivity index is 1.81. The van der Waals surface area contributed by atoms with Crippen molar-refractivity contribution in [2.24, 2.45) is 5.92 Å². The first-order valence-electron chi connectivity index (χ1n) is 9.21. The maximum absolute atomic E-state index is 12.5. The quantitative estimate of drug-likeness (QED) is 0.747. The van der Waals surface area contributed by atoms with Crippen molar-refractivity contribution in [1.82, 2.24) is 9.80 Å². The van der Waals surface area contributed by atoms with Crippen molar-refractivity contribution in [2.45, 2.75) is 33.1 Å². The molecule has 0 N–H and O–H groups in total. The number of amides is 2. The number of benzene rings is 1. The minimum Gasteiger partial charge on any atom is -0.493 e. The summed E-state index contributed by atoms with van der Waals surface area (Å²) >= 11 is 0. The lowest BCUT2D eigenvalue weighted by molar-refractivity contribution is -0.140. The van der Waals surface area contributed by atoms with Crippen molar-refractivity contribution in [3.8, 4) is 11.5 Å². The van der Waals surface area contributed by atoms with Gasteiger partial charge in [0.1, 0.15) is 0 Å². The number of methoxy groups -OCH3 is 2. The highest BCUT2D eigenvalue weighted by atomic mass is 16.5. The van der Waals surface area contributed by atoms with E-state index in [1.807, 2.05) is 41.8 Å². The Hall–Kier alpha value is -2.24. The molecule has 2 rings (SSSR count). The van der Waals surface area contributed by atoms with Crippen LogP contribution in [0, 0.1) is 5.92 Å². The second-order valence-electron chi connectivity index (χ2n) is 7.05. The van der Waals surface area contributed by atoms with Gasteiger partial charge in [-0.05, 0) is 30.0 Å². The molecular formula is C20H30N2O4. The highest BCUT2D eigenvalue weighted by Crippen LogP contribution is 2.28. The summed E-state index contributed by atoms with van der Waals surface area (Å²) in [7, 11) is 3.21. The summed E-state index contributed by atoms with van der Waals surface area (Å²) in [6.07, 6.45) is 1.69. The van der Waals surface area contributed by atoms with Crippen molar-refractivity contribution in [3.63, 3.8) is 0 Å². The molecule has 1 aromatic rings. The van der Waals surface area contributed by atoms with Gasteiger partial charge in [-0.3, -0.25) is 9.59 Å². The summed E-state index contributed by atoms with van der Waals surface area (Å²) in [5.74, 6) is 2.05. The van der Waals surface area contributed by atoms with Crippen LogP contribution in [0.4, 0.5) is 0 Å². The number of carbonyl (C=O) groups excluding carboxylic acids is 2. The zero-order chi connectivity index (χ0) is 19.1. The molecule has 6 heteroatoms. The highest BCUT2D eigenvalue weighted by Gasteiger charge is 2.24. The first-order valence-corrected chi connectivity index (χ1v) is 9.21. The first kappa shape index (κ1) is 20.1. The Bertz CT molecular complexity index is 622. The van der Waals surface area contributed by atoms with Crippen molar-refractivity contribution in [3.05, 3.63) is 23.8 Å². The van der Waals surface area contributed by atoms with Crippen LogP contribution < -0.4 is 9.47 Å². The largest absolute Gasteiger partial charge is 0.493 e. The van der Waals surface area contributed by atoms with E-state index < -0.39 is 0 Å². The van der Waals surface area contributed by atoms with Crippen LogP contribution in [0.25, 0.3) is 0 Å². The van der Waals surface area contributed by atoms with Crippen molar-refractivity contribution < 1.29 is 19.1 Å². The van der Waals surface area contributed by atoms with E-state index in [2.05, 4.69) is 0 Å². The van der Waals surface area contributed by atoms with Crippen LogP contribution in [-0.4, -0.2) is 62.0 Å². The van der Waals surface area contributed by atoms with Crippen LogP contribution in [0.3, 0.4) is 0 Å². The fraction of sp³-hybridized carbons (Fsp3) is 0.600. The molecule has 0 bridgehead atoms. The van der Waals surface area contributed by atoms with Crippen molar-refractivity contribution >= 4 is 11.8 Å². The van der Waals surface area contributed by atoms with Crippen LogP contribution in [0.1, 0.15) is 32.3 Å². The number of carbonyl (C=O) groups is 2. The molecule has 2 amide bonds. The van der Waals surface area contributed by atoms with E-state index in [0.717, 1.165) is 5.56 Å². The number of nitrogens with zero attached hydrogens (tertiary/aromatic N) is 2. The molecular weight excluding hydrogens is 332 g/mol. The molecule has 0 unspecified atom stereocenters. The van der Waals surface area contributed by atoms with E-state index in [9.17, 15) is 9.59 Å². The predicted molar refractivity (Wildman–Crippen MR) is 100 cm³/mol. The normalized spacial score (nSPS) is 14.5. The second kappa shape index (κ2) is 9.46. The van der Waals surface area contributed by atoms with Gasteiger partial charge in [0.2, 0.25) is 11.8 Å². The van der Waals surface area contributed by atoms with Gasteiger partial charge >= 0.3 is 0 Å². The lowest BCUT2D eigenvalue weighted by atomic mass is 10.1. The zero-order valence-electron chi connectivity index (χ0n) is 16.3. The first-order chi connectivity index (χ1) is 12.4. The highest BCUT2D eigenvalue weighted by molar-refractivity contribution is 5.78. The van der Waals surface area contributed by atoms with Crippen LogP contribution in [0.15, 0.2) is 18.2 Å². The molecule has 0 saturated carbocycles. The number of piperazine rings is 1. The van der Waals surface area contributed by atoms with Crippen LogP contribution in [0.2, 0.25) is 0 Å². The molecule has 6 nitrogen and oxygen atoms in total. The van der Waals surface area contributed by atoms with Gasteiger partial charge in [0.15, 0.2) is 11.5 Å². The monoisotopic (exact) mass is 362 g/mol. The molecule has 1 fully saturated rings. The van der Waals surface area contributed by atoms with E-state index in [1.54, 1.807) is 14.2 Å². The van der Waals surface area contributed by atoms with Crippen LogP contribution in [0.5, 0.6) is 11.5 Å². The fourth-order valence-electron chi connectivity index (χ4n) is 3.13. The van der Waals surface area contributed by atoms with Crippen LogP contribution in [-0.2, 0) is 16.0 Å². The third-order valence-corrected chi connectivity index (χ3v) is 4.64. The second-order valence-corrected chi connectivity index (χ2v) is 7.05. The van der Waals surface area contributed by atoms with Crippen molar-refractivity contribution in [2.75, 3.05) is 40.4 Å². The molecule has 1 aliphatic heterocycles. The maximum atomic E-state index is 12.5. The van der Waals surface area contributed by atoms with E-state index in [0.29, 0.717) is 62.9 Å². The Morgan fingerprint density at radius 3 is 2.08 bits per heavy atom. The summed E-state index contributed by atoms with van der Waals surface area (Å²) in [6.45, 7) is 6.60. The van der Waals surface area contributed by atoms with Gasteiger partial charge in [-0.2, -0.15) is 0 Å². The van der Waals surface area contributed by atoms with Gasteiger partial charge in [0, 0.05) is 39.0 Å². The number of hydrogen-bond donors (Lipinski definition) is 0. The third-order valence-electron chi connectivity index (χ3n) is 4.64. The molecule has 144 valence electrons.